The van der Waals surface area contributed by atoms with Gasteiger partial charge in [-0.1, -0.05) is 36.0 Å². The smallest absolute Gasteiger partial charge is 0.259 e. The molecule has 0 N–H and O–H groups in total. The van der Waals surface area contributed by atoms with Crippen LogP contribution in [-0.4, -0.2) is 37.4 Å². The minimum Gasteiger partial charge on any atom is -0.497 e. The van der Waals surface area contributed by atoms with Crippen molar-refractivity contribution in [2.24, 2.45) is 0 Å². The molecule has 0 aliphatic carbocycles. The van der Waals surface area contributed by atoms with Gasteiger partial charge in [-0.3, -0.25) is 9.59 Å². The number of methoxy groups -OCH3 is 1. The Kier molecular flexibility index (Phi) is 6.00. The van der Waals surface area contributed by atoms with Crippen molar-refractivity contribution < 1.29 is 14.3 Å². The van der Waals surface area contributed by atoms with Gasteiger partial charge < -0.3 is 14.5 Å². The minimum absolute atomic E-state index is 0.0412. The normalized spacial score (nSPS) is 12.6. The van der Waals surface area contributed by atoms with Crippen LogP contribution in [0.5, 0.6) is 5.75 Å². The van der Waals surface area contributed by atoms with Gasteiger partial charge in [0.15, 0.2) is 0 Å². The molecule has 158 valence electrons. The maximum absolute atomic E-state index is 13.1. The number of fused-ring (bicyclic) bond motifs is 2. The molecule has 6 heteroatoms. The van der Waals surface area contributed by atoms with Crippen LogP contribution in [0.3, 0.4) is 0 Å². The van der Waals surface area contributed by atoms with Gasteiger partial charge in [-0.2, -0.15) is 0 Å². The number of ether oxygens (including phenoxy) is 1. The monoisotopic (exact) mass is 432 g/mol. The van der Waals surface area contributed by atoms with Crippen LogP contribution in [-0.2, 0) is 6.54 Å². The fourth-order valence-electron chi connectivity index (χ4n) is 3.66. The Morgan fingerprint density at radius 3 is 2.48 bits per heavy atom. The first-order valence-corrected chi connectivity index (χ1v) is 10.9. The lowest BCUT2D eigenvalue weighted by Crippen LogP contribution is -2.31. The molecule has 31 heavy (non-hydrogen) atoms. The van der Waals surface area contributed by atoms with E-state index in [1.807, 2.05) is 73.7 Å². The predicted octanol–water partition coefficient (Wildman–Crippen LogP) is 5.10. The molecule has 4 rings (SSSR count). The molecular weight excluding hydrogens is 408 g/mol. The summed E-state index contributed by atoms with van der Waals surface area (Å²) in [5, 5.41) is 0. The van der Waals surface area contributed by atoms with Crippen molar-refractivity contribution in [2.45, 2.75) is 23.3 Å². The number of anilines is 1. The maximum atomic E-state index is 13.1. The molecule has 0 saturated heterocycles. The van der Waals surface area contributed by atoms with Gasteiger partial charge >= 0.3 is 0 Å². The van der Waals surface area contributed by atoms with Gasteiger partial charge in [0.1, 0.15) is 5.75 Å². The van der Waals surface area contributed by atoms with E-state index in [0.717, 1.165) is 26.8 Å². The van der Waals surface area contributed by atoms with Crippen molar-refractivity contribution in [2.75, 3.05) is 25.6 Å². The molecule has 0 atom stereocenters. The van der Waals surface area contributed by atoms with E-state index < -0.39 is 0 Å². The van der Waals surface area contributed by atoms with E-state index in [0.29, 0.717) is 24.2 Å². The van der Waals surface area contributed by atoms with Crippen LogP contribution in [0.4, 0.5) is 5.69 Å². The highest BCUT2D eigenvalue weighted by Gasteiger charge is 2.27. The first-order valence-electron chi connectivity index (χ1n) is 10.1. The molecule has 1 aliphatic heterocycles. The predicted molar refractivity (Wildman–Crippen MR) is 123 cm³/mol. The number of carbonyl (C=O) groups is 2. The molecule has 0 bridgehead atoms. The zero-order valence-electron chi connectivity index (χ0n) is 17.8. The highest BCUT2D eigenvalue weighted by molar-refractivity contribution is 7.99. The summed E-state index contributed by atoms with van der Waals surface area (Å²) in [4.78, 5) is 31.6. The van der Waals surface area contributed by atoms with E-state index in [4.69, 9.17) is 4.74 Å². The van der Waals surface area contributed by atoms with Crippen LogP contribution in [0, 0.1) is 0 Å². The Morgan fingerprint density at radius 1 is 1.03 bits per heavy atom. The van der Waals surface area contributed by atoms with E-state index in [9.17, 15) is 9.59 Å². The standard InChI is InChI=1S/C25H24N2O3S/c1-4-27-21-15-18(24(28)26(2)16-17-9-12-19(30-3)13-10-17)11-14-23(21)31-22-8-6-5-7-20(22)25(27)29/h5-15H,4,16H2,1-3H3. The third-order valence-electron chi connectivity index (χ3n) is 5.32. The first kappa shape index (κ1) is 21.0. The lowest BCUT2D eigenvalue weighted by atomic mass is 10.1. The lowest BCUT2D eigenvalue weighted by molar-refractivity contribution is 0.0784. The number of carbonyl (C=O) groups excluding carboxylic acids is 2. The van der Waals surface area contributed by atoms with Crippen molar-refractivity contribution in [1.82, 2.24) is 4.90 Å². The van der Waals surface area contributed by atoms with Crippen LogP contribution in [0.2, 0.25) is 0 Å². The van der Waals surface area contributed by atoms with Gasteiger partial charge in [0, 0.05) is 35.5 Å². The van der Waals surface area contributed by atoms with Crippen molar-refractivity contribution >= 4 is 29.3 Å². The van der Waals surface area contributed by atoms with E-state index in [-0.39, 0.29) is 11.8 Å². The average Bonchev–Trinajstić information content (AvgIpc) is 2.92. The lowest BCUT2D eigenvalue weighted by Gasteiger charge is -2.23. The molecule has 1 aliphatic rings. The molecule has 3 aromatic rings. The molecule has 0 spiro atoms. The van der Waals surface area contributed by atoms with Gasteiger partial charge in [-0.25, -0.2) is 0 Å². The fraction of sp³-hybridized carbons (Fsp3) is 0.200. The molecule has 0 saturated carbocycles. The molecule has 5 nitrogen and oxygen atoms in total. The van der Waals surface area contributed by atoms with E-state index in [1.165, 1.54) is 0 Å². The van der Waals surface area contributed by atoms with E-state index in [2.05, 4.69) is 0 Å². The largest absolute Gasteiger partial charge is 0.497 e. The maximum Gasteiger partial charge on any atom is 0.259 e. The van der Waals surface area contributed by atoms with Gasteiger partial charge in [-0.15, -0.1) is 0 Å². The number of hydrogen-bond donors (Lipinski definition) is 0. The van der Waals surface area contributed by atoms with Crippen LogP contribution >= 0.6 is 11.8 Å². The first-order chi connectivity index (χ1) is 15.0. The van der Waals surface area contributed by atoms with E-state index in [1.54, 1.807) is 35.7 Å². The highest BCUT2D eigenvalue weighted by Crippen LogP contribution is 2.41. The summed E-state index contributed by atoms with van der Waals surface area (Å²) in [5.41, 5.74) is 3.04. The average molecular weight is 433 g/mol. The number of benzene rings is 3. The topological polar surface area (TPSA) is 49.9 Å². The number of hydrogen-bond acceptors (Lipinski definition) is 4. The van der Waals surface area contributed by atoms with Crippen LogP contribution in [0.1, 0.15) is 33.2 Å². The zero-order chi connectivity index (χ0) is 22.0. The Hall–Kier alpha value is -3.25. The second kappa shape index (κ2) is 8.86. The molecule has 0 aromatic heterocycles. The summed E-state index contributed by atoms with van der Waals surface area (Å²) in [7, 11) is 3.41. The molecular formula is C25H24N2O3S. The number of nitrogens with zero attached hydrogens (tertiary/aromatic N) is 2. The van der Waals surface area contributed by atoms with Crippen LogP contribution in [0.25, 0.3) is 0 Å². The Labute approximate surface area is 186 Å². The SMILES string of the molecule is CCN1C(=O)c2ccccc2Sc2ccc(C(=O)N(C)Cc3ccc(OC)cc3)cc21. The fourth-order valence-corrected chi connectivity index (χ4v) is 4.72. The van der Waals surface area contributed by atoms with Gasteiger partial charge in [-0.05, 0) is 55.0 Å². The molecule has 1 heterocycles. The zero-order valence-corrected chi connectivity index (χ0v) is 18.6. The third kappa shape index (κ3) is 4.16. The van der Waals surface area contributed by atoms with Crippen molar-refractivity contribution in [3.05, 3.63) is 83.4 Å². The minimum atomic E-state index is -0.0890. The van der Waals surface area contributed by atoms with Crippen molar-refractivity contribution in [3.8, 4) is 5.75 Å². The molecule has 3 aromatic carbocycles. The summed E-state index contributed by atoms with van der Waals surface area (Å²) in [6.45, 7) is 2.96. The van der Waals surface area contributed by atoms with Gasteiger partial charge in [0.25, 0.3) is 11.8 Å². The summed E-state index contributed by atoms with van der Waals surface area (Å²) < 4.78 is 5.19. The van der Waals surface area contributed by atoms with Crippen molar-refractivity contribution in [1.29, 1.82) is 0 Å². The molecule has 0 radical (unpaired) electrons. The van der Waals surface area contributed by atoms with Crippen molar-refractivity contribution in [3.63, 3.8) is 0 Å². The summed E-state index contributed by atoms with van der Waals surface area (Å²) in [5.74, 6) is 0.653. The van der Waals surface area contributed by atoms with Gasteiger partial charge in [0.05, 0.1) is 18.4 Å². The second-order valence-corrected chi connectivity index (χ2v) is 8.42. The van der Waals surface area contributed by atoms with Crippen LogP contribution < -0.4 is 9.64 Å². The number of amides is 2. The Balaban J connectivity index is 1.61. The Bertz CT molecular complexity index is 1130. The summed E-state index contributed by atoms with van der Waals surface area (Å²) in [6.07, 6.45) is 0. The van der Waals surface area contributed by atoms with Crippen LogP contribution in [0.15, 0.2) is 76.5 Å². The van der Waals surface area contributed by atoms with Gasteiger partial charge in [0.2, 0.25) is 0 Å². The summed E-state index contributed by atoms with van der Waals surface area (Å²) >= 11 is 1.56. The van der Waals surface area contributed by atoms with E-state index >= 15 is 0 Å². The number of rotatable bonds is 5. The third-order valence-corrected chi connectivity index (χ3v) is 6.46. The molecule has 0 unspecified atom stereocenters. The highest BCUT2D eigenvalue weighted by atomic mass is 32.2. The Morgan fingerprint density at radius 2 is 1.77 bits per heavy atom. The quantitative estimate of drug-likeness (QED) is 0.563. The second-order valence-electron chi connectivity index (χ2n) is 7.34. The molecule has 2 amide bonds. The summed E-state index contributed by atoms with van der Waals surface area (Å²) in [6, 6.07) is 20.9. The molecule has 0 fully saturated rings.